The molecule has 0 radical (unpaired) electrons. The average Bonchev–Trinajstić information content (AvgIpc) is 3.15. The zero-order chi connectivity index (χ0) is 17.6. The number of imide groups is 1. The number of aromatic amines is 1. The number of benzene rings is 2. The van der Waals surface area contributed by atoms with Gasteiger partial charge in [0, 0.05) is 17.4 Å². The zero-order valence-electron chi connectivity index (χ0n) is 12.9. The highest BCUT2D eigenvalue weighted by molar-refractivity contribution is 6.45. The smallest absolute Gasteiger partial charge is 0.256 e. The Morgan fingerprint density at radius 1 is 1.12 bits per heavy atom. The molecular formula is C18H13Cl2N3O2. The number of hydrogen-bond donors (Lipinski definition) is 2. The van der Waals surface area contributed by atoms with Gasteiger partial charge >= 0.3 is 0 Å². The van der Waals surface area contributed by atoms with E-state index in [1.807, 2.05) is 30.5 Å². The lowest BCUT2D eigenvalue weighted by Crippen LogP contribution is -2.35. The third kappa shape index (κ3) is 2.75. The number of aromatic nitrogens is 1. The number of carbonyl (C=O) groups excluding carboxylic acids is 2. The highest BCUT2D eigenvalue weighted by Crippen LogP contribution is 2.35. The number of rotatable bonds is 3. The van der Waals surface area contributed by atoms with Crippen LogP contribution in [0.1, 0.15) is 6.42 Å². The van der Waals surface area contributed by atoms with E-state index in [1.165, 1.54) is 0 Å². The van der Waals surface area contributed by atoms with Crippen LogP contribution >= 0.6 is 23.2 Å². The molecule has 1 aliphatic heterocycles. The van der Waals surface area contributed by atoms with Crippen LogP contribution in [0.2, 0.25) is 10.0 Å². The van der Waals surface area contributed by atoms with Gasteiger partial charge in [-0.15, -0.1) is 0 Å². The first-order valence-corrected chi connectivity index (χ1v) is 8.44. The van der Waals surface area contributed by atoms with Gasteiger partial charge < -0.3 is 10.3 Å². The molecule has 0 aliphatic carbocycles. The SMILES string of the molecule is O=C1C[C@@H](Nc2ccc3cc[nH]c3c2)C(=O)N1c1cccc(Cl)c1Cl. The summed E-state index contributed by atoms with van der Waals surface area (Å²) >= 11 is 12.2. The minimum Gasteiger partial charge on any atom is -0.373 e. The van der Waals surface area contributed by atoms with Gasteiger partial charge in [-0.25, -0.2) is 4.90 Å². The van der Waals surface area contributed by atoms with Crippen LogP contribution in [0.3, 0.4) is 0 Å². The molecule has 2 aromatic carbocycles. The van der Waals surface area contributed by atoms with Crippen molar-refractivity contribution in [3.05, 3.63) is 58.7 Å². The van der Waals surface area contributed by atoms with Crippen molar-refractivity contribution < 1.29 is 9.59 Å². The second-order valence-electron chi connectivity index (χ2n) is 5.82. The molecule has 4 rings (SSSR count). The lowest BCUT2D eigenvalue weighted by atomic mass is 10.2. The number of nitrogens with zero attached hydrogens (tertiary/aromatic N) is 1. The number of amides is 2. The van der Waals surface area contributed by atoms with Crippen LogP contribution < -0.4 is 10.2 Å². The highest BCUT2D eigenvalue weighted by Gasteiger charge is 2.40. The fourth-order valence-corrected chi connectivity index (χ4v) is 3.38. The van der Waals surface area contributed by atoms with Crippen LogP contribution in [0.4, 0.5) is 11.4 Å². The van der Waals surface area contributed by atoms with Crippen LogP contribution in [0.5, 0.6) is 0 Å². The normalized spacial score (nSPS) is 17.5. The molecule has 25 heavy (non-hydrogen) atoms. The molecule has 7 heteroatoms. The number of H-pyrrole nitrogens is 1. The summed E-state index contributed by atoms with van der Waals surface area (Å²) in [5.41, 5.74) is 2.03. The van der Waals surface area contributed by atoms with E-state index in [9.17, 15) is 9.59 Å². The molecular weight excluding hydrogens is 361 g/mol. The number of nitrogens with one attached hydrogen (secondary N) is 2. The van der Waals surface area contributed by atoms with Crippen molar-refractivity contribution >= 4 is 57.3 Å². The molecule has 0 bridgehead atoms. The summed E-state index contributed by atoms with van der Waals surface area (Å²) in [7, 11) is 0. The molecule has 126 valence electrons. The molecule has 1 aromatic heterocycles. The zero-order valence-corrected chi connectivity index (χ0v) is 14.4. The van der Waals surface area contributed by atoms with Gasteiger partial charge in [0.2, 0.25) is 5.91 Å². The molecule has 5 nitrogen and oxygen atoms in total. The lowest BCUT2D eigenvalue weighted by Gasteiger charge is -2.17. The van der Waals surface area contributed by atoms with Crippen molar-refractivity contribution in [3.8, 4) is 0 Å². The number of fused-ring (bicyclic) bond motifs is 1. The van der Waals surface area contributed by atoms with Crippen molar-refractivity contribution in [1.29, 1.82) is 0 Å². The standard InChI is InChI=1S/C18H13Cl2N3O2/c19-12-2-1-3-15(17(12)20)23-16(24)9-14(18(23)25)22-11-5-4-10-6-7-21-13(10)8-11/h1-8,14,21-22H,9H2/t14-/m1/s1. The predicted molar refractivity (Wildman–Crippen MR) is 99.3 cm³/mol. The van der Waals surface area contributed by atoms with E-state index in [4.69, 9.17) is 23.2 Å². The fraction of sp³-hybridized carbons (Fsp3) is 0.111. The summed E-state index contributed by atoms with van der Waals surface area (Å²) in [5, 5.41) is 4.70. The highest BCUT2D eigenvalue weighted by atomic mass is 35.5. The molecule has 3 aromatic rings. The van der Waals surface area contributed by atoms with Gasteiger partial charge in [-0.3, -0.25) is 9.59 Å². The van der Waals surface area contributed by atoms with Crippen molar-refractivity contribution in [2.45, 2.75) is 12.5 Å². The number of carbonyl (C=O) groups is 2. The monoisotopic (exact) mass is 373 g/mol. The van der Waals surface area contributed by atoms with E-state index < -0.39 is 6.04 Å². The molecule has 2 amide bonds. The second kappa shape index (κ2) is 6.10. The first kappa shape index (κ1) is 16.0. The van der Waals surface area contributed by atoms with Crippen molar-refractivity contribution in [1.82, 2.24) is 4.98 Å². The van der Waals surface area contributed by atoms with E-state index in [0.29, 0.717) is 10.7 Å². The van der Waals surface area contributed by atoms with Gasteiger partial charge in [0.25, 0.3) is 5.91 Å². The Labute approximate surface area is 153 Å². The summed E-state index contributed by atoms with van der Waals surface area (Å²) in [5.74, 6) is -0.659. The van der Waals surface area contributed by atoms with Crippen LogP contribution in [0.15, 0.2) is 48.7 Å². The van der Waals surface area contributed by atoms with E-state index in [1.54, 1.807) is 18.2 Å². The number of hydrogen-bond acceptors (Lipinski definition) is 3. The summed E-state index contributed by atoms with van der Waals surface area (Å²) in [6, 6.07) is 11.9. The molecule has 2 heterocycles. The van der Waals surface area contributed by atoms with E-state index in [2.05, 4.69) is 10.3 Å². The number of halogens is 2. The van der Waals surface area contributed by atoms with Gasteiger partial charge in [0.05, 0.1) is 22.2 Å². The minimum atomic E-state index is -0.644. The fourth-order valence-electron chi connectivity index (χ4n) is 3.00. The predicted octanol–water partition coefficient (Wildman–Crippen LogP) is 4.22. The third-order valence-corrected chi connectivity index (χ3v) is 5.02. The summed E-state index contributed by atoms with van der Waals surface area (Å²) in [6.45, 7) is 0. The van der Waals surface area contributed by atoms with Crippen LogP contribution in [0, 0.1) is 0 Å². The molecule has 1 saturated heterocycles. The molecule has 1 atom stereocenters. The maximum Gasteiger partial charge on any atom is 0.256 e. The van der Waals surface area contributed by atoms with Crippen molar-refractivity contribution in [2.24, 2.45) is 0 Å². The van der Waals surface area contributed by atoms with Crippen molar-refractivity contribution in [3.63, 3.8) is 0 Å². The first-order chi connectivity index (χ1) is 12.0. The van der Waals surface area contributed by atoms with Crippen LogP contribution in [-0.2, 0) is 9.59 Å². The maximum atomic E-state index is 12.7. The van der Waals surface area contributed by atoms with Crippen LogP contribution in [0.25, 0.3) is 10.9 Å². The Kier molecular flexibility index (Phi) is 3.90. The quantitative estimate of drug-likeness (QED) is 0.675. The minimum absolute atomic E-state index is 0.0600. The Bertz CT molecular complexity index is 999. The third-order valence-electron chi connectivity index (χ3n) is 4.21. The molecule has 0 saturated carbocycles. The average molecular weight is 374 g/mol. The van der Waals surface area contributed by atoms with Crippen LogP contribution in [-0.4, -0.2) is 22.8 Å². The Morgan fingerprint density at radius 2 is 1.96 bits per heavy atom. The summed E-state index contributed by atoms with van der Waals surface area (Å²) in [4.78, 5) is 29.3. The Morgan fingerprint density at radius 3 is 2.80 bits per heavy atom. The molecule has 0 spiro atoms. The van der Waals surface area contributed by atoms with Gasteiger partial charge in [0.1, 0.15) is 6.04 Å². The molecule has 1 fully saturated rings. The summed E-state index contributed by atoms with van der Waals surface area (Å²) in [6.07, 6.45) is 1.91. The van der Waals surface area contributed by atoms with E-state index in [-0.39, 0.29) is 23.3 Å². The first-order valence-electron chi connectivity index (χ1n) is 7.69. The Balaban J connectivity index is 1.61. The van der Waals surface area contributed by atoms with Gasteiger partial charge in [-0.05, 0) is 35.7 Å². The largest absolute Gasteiger partial charge is 0.373 e. The van der Waals surface area contributed by atoms with Gasteiger partial charge in [0.15, 0.2) is 0 Å². The maximum absolute atomic E-state index is 12.7. The number of anilines is 2. The molecule has 2 N–H and O–H groups in total. The van der Waals surface area contributed by atoms with E-state index >= 15 is 0 Å². The van der Waals surface area contributed by atoms with E-state index in [0.717, 1.165) is 21.5 Å². The molecule has 0 unspecified atom stereocenters. The Hall–Kier alpha value is -2.50. The topological polar surface area (TPSA) is 65.2 Å². The lowest BCUT2D eigenvalue weighted by molar-refractivity contribution is -0.121. The summed E-state index contributed by atoms with van der Waals surface area (Å²) < 4.78 is 0. The molecule has 1 aliphatic rings. The van der Waals surface area contributed by atoms with Gasteiger partial charge in [-0.1, -0.05) is 35.3 Å². The second-order valence-corrected chi connectivity index (χ2v) is 6.61. The van der Waals surface area contributed by atoms with Crippen molar-refractivity contribution in [2.75, 3.05) is 10.2 Å². The van der Waals surface area contributed by atoms with Gasteiger partial charge in [-0.2, -0.15) is 0 Å².